The molecule has 2 atom stereocenters. The number of piperazine rings is 1. The van der Waals surface area contributed by atoms with Crippen molar-refractivity contribution >= 4 is 38.8 Å². The summed E-state index contributed by atoms with van der Waals surface area (Å²) in [6.07, 6.45) is 3.40. The van der Waals surface area contributed by atoms with Crippen molar-refractivity contribution in [1.29, 1.82) is 0 Å². The van der Waals surface area contributed by atoms with Crippen LogP contribution in [0.25, 0.3) is 10.2 Å². The van der Waals surface area contributed by atoms with E-state index in [2.05, 4.69) is 63.1 Å². The second kappa shape index (κ2) is 8.71. The van der Waals surface area contributed by atoms with E-state index >= 15 is 0 Å². The van der Waals surface area contributed by atoms with E-state index in [4.69, 9.17) is 0 Å². The molecule has 2 fully saturated rings. The standard InChI is InChI=1S/C25H31N5OS/c1-15-12-21-22(26-3)23(32-25(21)28-16(15)2)24(31)27-11-10-17-4-8-20(9-5-17)30-13-18-6-7-19(14-30)29-18/h4-5,8-9,12,18-19,26,29H,6-7,10-11,13-14H2,1-3H3,(H,27,31)/t18-,19+. The minimum atomic E-state index is -0.0411. The van der Waals surface area contributed by atoms with Crippen LogP contribution in [0.15, 0.2) is 30.3 Å². The number of amides is 1. The van der Waals surface area contributed by atoms with Crippen LogP contribution in [-0.4, -0.2) is 49.7 Å². The summed E-state index contributed by atoms with van der Waals surface area (Å²) in [5.74, 6) is -0.0411. The van der Waals surface area contributed by atoms with Crippen molar-refractivity contribution in [1.82, 2.24) is 15.6 Å². The number of rotatable bonds is 6. The summed E-state index contributed by atoms with van der Waals surface area (Å²) in [4.78, 5) is 21.7. The number of anilines is 2. The van der Waals surface area contributed by atoms with Crippen LogP contribution >= 0.6 is 11.3 Å². The monoisotopic (exact) mass is 449 g/mol. The van der Waals surface area contributed by atoms with Crippen molar-refractivity contribution in [2.45, 2.75) is 45.2 Å². The molecule has 0 saturated carbocycles. The Hall–Kier alpha value is -2.64. The first kappa shape index (κ1) is 21.2. The molecule has 1 aromatic carbocycles. The number of carbonyl (C=O) groups is 1. The summed E-state index contributed by atoms with van der Waals surface area (Å²) in [5.41, 5.74) is 5.55. The maximum absolute atomic E-state index is 12.9. The highest BCUT2D eigenvalue weighted by Gasteiger charge is 2.32. The lowest BCUT2D eigenvalue weighted by molar-refractivity contribution is 0.0959. The van der Waals surface area contributed by atoms with Gasteiger partial charge in [-0.2, -0.15) is 0 Å². The summed E-state index contributed by atoms with van der Waals surface area (Å²) < 4.78 is 0. The number of nitrogens with zero attached hydrogens (tertiary/aromatic N) is 2. The van der Waals surface area contributed by atoms with Crippen molar-refractivity contribution < 1.29 is 4.79 Å². The average molecular weight is 450 g/mol. The van der Waals surface area contributed by atoms with Gasteiger partial charge in [0.25, 0.3) is 5.91 Å². The number of aromatic nitrogens is 1. The number of carbonyl (C=O) groups excluding carboxylic acids is 1. The van der Waals surface area contributed by atoms with E-state index in [9.17, 15) is 4.79 Å². The highest BCUT2D eigenvalue weighted by atomic mass is 32.1. The Kier molecular flexibility index (Phi) is 5.78. The number of hydrogen-bond acceptors (Lipinski definition) is 6. The Morgan fingerprint density at radius 1 is 1.19 bits per heavy atom. The van der Waals surface area contributed by atoms with Gasteiger partial charge in [0.2, 0.25) is 0 Å². The highest BCUT2D eigenvalue weighted by Crippen LogP contribution is 2.35. The lowest BCUT2D eigenvalue weighted by atomic mass is 10.1. The molecule has 4 heterocycles. The zero-order valence-electron chi connectivity index (χ0n) is 19.0. The second-order valence-corrected chi connectivity index (χ2v) is 10.0. The summed E-state index contributed by atoms with van der Waals surface area (Å²) in [7, 11) is 1.86. The quantitative estimate of drug-likeness (QED) is 0.533. The molecule has 6 nitrogen and oxygen atoms in total. The van der Waals surface area contributed by atoms with E-state index in [0.717, 1.165) is 46.7 Å². The summed E-state index contributed by atoms with van der Waals surface area (Å²) >= 11 is 1.45. The third kappa shape index (κ3) is 4.07. The molecule has 2 aliphatic rings. The number of pyridine rings is 1. The van der Waals surface area contributed by atoms with Gasteiger partial charge in [-0.25, -0.2) is 4.98 Å². The molecule has 0 radical (unpaired) electrons. The van der Waals surface area contributed by atoms with Crippen molar-refractivity contribution in [2.75, 3.05) is 36.9 Å². The third-order valence-electron chi connectivity index (χ3n) is 6.80. The smallest absolute Gasteiger partial charge is 0.263 e. The zero-order chi connectivity index (χ0) is 22.2. The van der Waals surface area contributed by atoms with E-state index in [1.54, 1.807) is 0 Å². The molecular formula is C25H31N5OS. The molecule has 0 spiro atoms. The van der Waals surface area contributed by atoms with Gasteiger partial charge in [0, 0.05) is 55.5 Å². The van der Waals surface area contributed by atoms with Gasteiger partial charge in [-0.1, -0.05) is 12.1 Å². The molecule has 2 saturated heterocycles. The normalized spacial score (nSPS) is 20.0. The van der Waals surface area contributed by atoms with Gasteiger partial charge in [0.05, 0.1) is 5.69 Å². The molecule has 5 rings (SSSR count). The SMILES string of the molecule is CNc1c(C(=O)NCCc2ccc(N3C[C@H]4CC[C@@H](C3)N4)cc2)sc2nc(C)c(C)cc12. The number of benzene rings is 1. The van der Waals surface area contributed by atoms with E-state index < -0.39 is 0 Å². The third-order valence-corrected chi connectivity index (χ3v) is 7.90. The minimum Gasteiger partial charge on any atom is -0.386 e. The van der Waals surface area contributed by atoms with Gasteiger partial charge in [0.15, 0.2) is 0 Å². The van der Waals surface area contributed by atoms with Crippen LogP contribution < -0.4 is 20.9 Å². The van der Waals surface area contributed by atoms with Gasteiger partial charge in [0.1, 0.15) is 9.71 Å². The van der Waals surface area contributed by atoms with Crippen LogP contribution in [0, 0.1) is 13.8 Å². The number of aryl methyl sites for hydroxylation is 2. The largest absolute Gasteiger partial charge is 0.386 e. The fourth-order valence-electron chi connectivity index (χ4n) is 4.90. The van der Waals surface area contributed by atoms with Crippen LogP contribution in [0.2, 0.25) is 0 Å². The Morgan fingerprint density at radius 3 is 2.59 bits per heavy atom. The minimum absolute atomic E-state index is 0.0411. The van der Waals surface area contributed by atoms with Gasteiger partial charge in [-0.3, -0.25) is 4.79 Å². The molecule has 1 amide bonds. The molecule has 0 unspecified atom stereocenters. The van der Waals surface area contributed by atoms with Crippen LogP contribution in [0.4, 0.5) is 11.4 Å². The molecular weight excluding hydrogens is 418 g/mol. The molecule has 3 N–H and O–H groups in total. The van der Waals surface area contributed by atoms with Gasteiger partial charge >= 0.3 is 0 Å². The van der Waals surface area contributed by atoms with Crippen LogP contribution in [0.1, 0.15) is 39.3 Å². The summed E-state index contributed by atoms with van der Waals surface area (Å²) in [6.45, 7) is 6.87. The maximum atomic E-state index is 12.9. The highest BCUT2D eigenvalue weighted by molar-refractivity contribution is 7.21. The Morgan fingerprint density at radius 2 is 1.91 bits per heavy atom. The predicted molar refractivity (Wildman–Crippen MR) is 133 cm³/mol. The molecule has 168 valence electrons. The Balaban J connectivity index is 1.21. The fraction of sp³-hybridized carbons (Fsp3) is 0.440. The lowest BCUT2D eigenvalue weighted by Crippen LogP contribution is -2.51. The van der Waals surface area contributed by atoms with Crippen LogP contribution in [0.3, 0.4) is 0 Å². The number of thiophene rings is 1. The van der Waals surface area contributed by atoms with Gasteiger partial charge < -0.3 is 20.9 Å². The fourth-order valence-corrected chi connectivity index (χ4v) is 6.03. The van der Waals surface area contributed by atoms with Gasteiger partial charge in [-0.15, -0.1) is 11.3 Å². The first-order chi connectivity index (χ1) is 15.5. The molecule has 32 heavy (non-hydrogen) atoms. The van der Waals surface area contributed by atoms with Gasteiger partial charge in [-0.05, 0) is 62.4 Å². The van der Waals surface area contributed by atoms with E-state index in [-0.39, 0.29) is 5.91 Å². The molecule has 2 bridgehead atoms. The molecule has 2 aromatic heterocycles. The first-order valence-electron chi connectivity index (χ1n) is 11.5. The molecule has 0 aliphatic carbocycles. The summed E-state index contributed by atoms with van der Waals surface area (Å²) in [5, 5.41) is 11.0. The van der Waals surface area contributed by atoms with E-state index in [1.165, 1.54) is 35.4 Å². The Labute approximate surface area is 193 Å². The number of nitrogens with one attached hydrogen (secondary N) is 3. The van der Waals surface area contributed by atoms with Crippen molar-refractivity contribution in [3.8, 4) is 0 Å². The average Bonchev–Trinajstić information content (AvgIpc) is 3.32. The molecule has 3 aromatic rings. The van der Waals surface area contributed by atoms with Crippen LogP contribution in [0.5, 0.6) is 0 Å². The van der Waals surface area contributed by atoms with Crippen molar-refractivity contribution in [2.24, 2.45) is 0 Å². The molecule has 2 aliphatic heterocycles. The maximum Gasteiger partial charge on any atom is 0.263 e. The Bertz CT molecular complexity index is 1130. The first-order valence-corrected chi connectivity index (χ1v) is 12.3. The molecule has 7 heteroatoms. The predicted octanol–water partition coefficient (Wildman–Crippen LogP) is 3.87. The van der Waals surface area contributed by atoms with Crippen molar-refractivity contribution in [3.05, 3.63) is 52.0 Å². The van der Waals surface area contributed by atoms with E-state index in [1.807, 2.05) is 14.0 Å². The van der Waals surface area contributed by atoms with Crippen molar-refractivity contribution in [3.63, 3.8) is 0 Å². The van der Waals surface area contributed by atoms with E-state index in [0.29, 0.717) is 23.5 Å². The summed E-state index contributed by atoms with van der Waals surface area (Å²) in [6, 6.07) is 12.2. The topological polar surface area (TPSA) is 69.3 Å². The number of hydrogen-bond donors (Lipinski definition) is 3. The second-order valence-electron chi connectivity index (χ2n) is 9.01. The van der Waals surface area contributed by atoms with Crippen LogP contribution in [-0.2, 0) is 6.42 Å². The zero-order valence-corrected chi connectivity index (χ0v) is 19.8. The number of fused-ring (bicyclic) bond motifs is 3. The lowest BCUT2D eigenvalue weighted by Gasteiger charge is -2.34.